The third-order valence-corrected chi connectivity index (χ3v) is 3.78. The molecule has 0 aromatic carbocycles. The largest absolute Gasteiger partial charge is 0.481 e. The summed E-state index contributed by atoms with van der Waals surface area (Å²) >= 11 is 1.77. The van der Waals surface area contributed by atoms with Gasteiger partial charge < -0.3 is 9.84 Å². The zero-order chi connectivity index (χ0) is 9.73. The molecule has 4 heteroatoms. The van der Waals surface area contributed by atoms with Crippen molar-refractivity contribution < 1.29 is 14.6 Å². The molecular weight excluding hydrogens is 188 g/mol. The smallest absolute Gasteiger partial charge is 0.304 e. The van der Waals surface area contributed by atoms with Crippen molar-refractivity contribution in [3.8, 4) is 0 Å². The van der Waals surface area contributed by atoms with Gasteiger partial charge in [-0.2, -0.15) is 11.8 Å². The van der Waals surface area contributed by atoms with Crippen LogP contribution >= 0.6 is 11.8 Å². The second kappa shape index (κ2) is 4.86. The first-order valence-electron chi connectivity index (χ1n) is 4.62. The highest BCUT2D eigenvalue weighted by molar-refractivity contribution is 8.00. The fourth-order valence-electron chi connectivity index (χ4n) is 1.70. The monoisotopic (exact) mass is 204 g/mol. The van der Waals surface area contributed by atoms with E-state index in [-0.39, 0.29) is 11.2 Å². The Labute approximate surface area is 82.8 Å². The normalized spacial score (nSPS) is 21.3. The van der Waals surface area contributed by atoms with Gasteiger partial charge in [0.15, 0.2) is 0 Å². The Kier molecular flexibility index (Phi) is 4.06. The molecule has 0 aromatic heterocycles. The summed E-state index contributed by atoms with van der Waals surface area (Å²) in [5, 5.41) is 8.80. The van der Waals surface area contributed by atoms with E-state index in [0.29, 0.717) is 13.2 Å². The number of ether oxygens (including phenoxy) is 1. The minimum Gasteiger partial charge on any atom is -0.481 e. The number of hydrogen-bond acceptors (Lipinski definition) is 3. The zero-order valence-corrected chi connectivity index (χ0v) is 8.73. The summed E-state index contributed by atoms with van der Waals surface area (Å²) in [4.78, 5) is 10.7. The zero-order valence-electron chi connectivity index (χ0n) is 7.91. The van der Waals surface area contributed by atoms with E-state index in [1.54, 1.807) is 11.8 Å². The number of thioether (sulfide) groups is 1. The van der Waals surface area contributed by atoms with Crippen LogP contribution in [-0.2, 0) is 9.53 Å². The van der Waals surface area contributed by atoms with E-state index in [0.717, 1.165) is 18.6 Å². The molecule has 76 valence electrons. The van der Waals surface area contributed by atoms with E-state index in [1.165, 1.54) is 0 Å². The van der Waals surface area contributed by atoms with Gasteiger partial charge in [-0.1, -0.05) is 6.92 Å². The van der Waals surface area contributed by atoms with E-state index in [4.69, 9.17) is 9.84 Å². The Morgan fingerprint density at radius 2 is 2.15 bits per heavy atom. The van der Waals surface area contributed by atoms with E-state index in [9.17, 15) is 4.79 Å². The molecule has 1 aliphatic rings. The lowest BCUT2D eigenvalue weighted by Gasteiger charge is -2.35. The van der Waals surface area contributed by atoms with E-state index in [1.807, 2.05) is 0 Å². The molecule has 0 aromatic rings. The molecule has 0 spiro atoms. The first kappa shape index (κ1) is 10.9. The third kappa shape index (κ3) is 3.19. The van der Waals surface area contributed by atoms with Crippen molar-refractivity contribution >= 4 is 17.7 Å². The first-order valence-corrected chi connectivity index (χ1v) is 5.60. The number of carbonyl (C=O) groups is 1. The molecule has 0 radical (unpaired) electrons. The maximum absolute atomic E-state index is 10.7. The Morgan fingerprint density at radius 3 is 2.62 bits per heavy atom. The van der Waals surface area contributed by atoms with Gasteiger partial charge in [-0.05, 0) is 18.6 Å². The standard InChI is InChI=1S/C9H16O3S/c1-2-13-9(7-8(10)11)3-5-12-6-4-9/h2-7H2,1H3,(H,10,11). The Bertz CT molecular complexity index is 170. The van der Waals surface area contributed by atoms with Gasteiger partial charge in [0, 0.05) is 18.0 Å². The third-order valence-electron chi connectivity index (χ3n) is 2.33. The van der Waals surface area contributed by atoms with Crippen molar-refractivity contribution in [1.29, 1.82) is 0 Å². The Balaban J connectivity index is 2.55. The quantitative estimate of drug-likeness (QED) is 0.758. The molecule has 0 saturated carbocycles. The lowest BCUT2D eigenvalue weighted by Crippen LogP contribution is -2.35. The Morgan fingerprint density at radius 1 is 1.54 bits per heavy atom. The number of aliphatic carboxylic acids is 1. The van der Waals surface area contributed by atoms with E-state index < -0.39 is 5.97 Å². The molecule has 1 aliphatic heterocycles. The summed E-state index contributed by atoms with van der Waals surface area (Å²) in [5.74, 6) is 0.288. The first-order chi connectivity index (χ1) is 6.18. The molecule has 1 rings (SSSR count). The van der Waals surface area contributed by atoms with Gasteiger partial charge in [-0.15, -0.1) is 0 Å². The van der Waals surface area contributed by atoms with Crippen LogP contribution in [0.5, 0.6) is 0 Å². The fraction of sp³-hybridized carbons (Fsp3) is 0.889. The summed E-state index contributed by atoms with van der Waals surface area (Å²) < 4.78 is 5.19. The van der Waals surface area contributed by atoms with Gasteiger partial charge in [0.2, 0.25) is 0 Å². The van der Waals surface area contributed by atoms with E-state index >= 15 is 0 Å². The van der Waals surface area contributed by atoms with Gasteiger partial charge >= 0.3 is 5.97 Å². The highest BCUT2D eigenvalue weighted by atomic mass is 32.2. The van der Waals surface area contributed by atoms with Crippen molar-refractivity contribution in [3.05, 3.63) is 0 Å². The predicted octanol–water partition coefficient (Wildman–Crippen LogP) is 1.76. The van der Waals surface area contributed by atoms with Crippen LogP contribution in [-0.4, -0.2) is 34.8 Å². The summed E-state index contributed by atoms with van der Waals surface area (Å²) in [6.45, 7) is 3.49. The van der Waals surface area contributed by atoms with Crippen molar-refractivity contribution in [2.45, 2.75) is 30.9 Å². The molecule has 13 heavy (non-hydrogen) atoms. The minimum absolute atomic E-state index is 0.0567. The van der Waals surface area contributed by atoms with Crippen LogP contribution in [0.25, 0.3) is 0 Å². The maximum atomic E-state index is 10.7. The van der Waals surface area contributed by atoms with Crippen molar-refractivity contribution in [1.82, 2.24) is 0 Å². The van der Waals surface area contributed by atoms with Gasteiger partial charge in [-0.3, -0.25) is 4.79 Å². The van der Waals surface area contributed by atoms with Gasteiger partial charge in [0.25, 0.3) is 0 Å². The van der Waals surface area contributed by atoms with Crippen LogP contribution in [0.1, 0.15) is 26.2 Å². The number of rotatable bonds is 4. The summed E-state index contributed by atoms with van der Waals surface area (Å²) in [7, 11) is 0. The lowest BCUT2D eigenvalue weighted by atomic mass is 9.95. The van der Waals surface area contributed by atoms with Crippen LogP contribution in [0.15, 0.2) is 0 Å². The van der Waals surface area contributed by atoms with Crippen molar-refractivity contribution in [2.24, 2.45) is 0 Å². The number of hydrogen-bond donors (Lipinski definition) is 1. The summed E-state index contributed by atoms with van der Waals surface area (Å²) in [5.41, 5.74) is 0. The van der Waals surface area contributed by atoms with Gasteiger partial charge in [-0.25, -0.2) is 0 Å². The molecule has 1 fully saturated rings. The van der Waals surface area contributed by atoms with Crippen LogP contribution in [0.3, 0.4) is 0 Å². The van der Waals surface area contributed by atoms with Crippen molar-refractivity contribution in [2.75, 3.05) is 19.0 Å². The molecule has 0 aliphatic carbocycles. The number of carboxylic acid groups (broad SMARTS) is 1. The molecule has 0 unspecified atom stereocenters. The highest BCUT2D eigenvalue weighted by Gasteiger charge is 2.34. The molecule has 1 N–H and O–H groups in total. The average Bonchev–Trinajstić information content (AvgIpc) is 2.04. The lowest BCUT2D eigenvalue weighted by molar-refractivity contribution is -0.138. The van der Waals surface area contributed by atoms with Gasteiger partial charge in [0.1, 0.15) is 0 Å². The van der Waals surface area contributed by atoms with Crippen LogP contribution in [0, 0.1) is 0 Å². The van der Waals surface area contributed by atoms with Crippen LogP contribution in [0.2, 0.25) is 0 Å². The van der Waals surface area contributed by atoms with E-state index in [2.05, 4.69) is 6.92 Å². The van der Waals surface area contributed by atoms with Gasteiger partial charge in [0.05, 0.1) is 6.42 Å². The molecular formula is C9H16O3S. The topological polar surface area (TPSA) is 46.5 Å². The molecule has 1 saturated heterocycles. The minimum atomic E-state index is -0.692. The maximum Gasteiger partial charge on any atom is 0.304 e. The second-order valence-corrected chi connectivity index (χ2v) is 5.03. The van der Waals surface area contributed by atoms with Crippen LogP contribution in [0.4, 0.5) is 0 Å². The molecule has 3 nitrogen and oxygen atoms in total. The molecule has 0 amide bonds. The SMILES string of the molecule is CCSC1(CC(=O)O)CCOCC1. The van der Waals surface area contributed by atoms with Crippen LogP contribution < -0.4 is 0 Å². The summed E-state index contributed by atoms with van der Waals surface area (Å²) in [6.07, 6.45) is 2.02. The summed E-state index contributed by atoms with van der Waals surface area (Å²) in [6, 6.07) is 0. The second-order valence-electron chi connectivity index (χ2n) is 3.30. The highest BCUT2D eigenvalue weighted by Crippen LogP contribution is 2.38. The molecule has 1 heterocycles. The Hall–Kier alpha value is -0.220. The molecule has 0 atom stereocenters. The molecule has 0 bridgehead atoms. The predicted molar refractivity (Wildman–Crippen MR) is 53.2 cm³/mol. The average molecular weight is 204 g/mol. The number of carboxylic acids is 1. The fourth-order valence-corrected chi connectivity index (χ4v) is 2.99. The van der Waals surface area contributed by atoms with Crippen molar-refractivity contribution in [3.63, 3.8) is 0 Å².